The smallest absolute Gasteiger partial charge is 0.328 e. The van der Waals surface area contributed by atoms with Crippen LogP contribution in [-0.2, 0) is 9.53 Å². The first-order valence-corrected chi connectivity index (χ1v) is 6.23. The monoisotopic (exact) mass is 260 g/mol. The second-order valence-corrected chi connectivity index (χ2v) is 4.64. The second kappa shape index (κ2) is 9.70. The first kappa shape index (κ1) is 16.7. The highest BCUT2D eigenvalue weighted by molar-refractivity contribution is 5.82. The van der Waals surface area contributed by atoms with E-state index in [1.807, 2.05) is 0 Å². The van der Waals surface area contributed by atoms with E-state index >= 15 is 0 Å². The van der Waals surface area contributed by atoms with Crippen LogP contribution >= 0.6 is 0 Å². The number of hydrogen-bond donors (Lipinski definition) is 3. The number of unbranched alkanes of at least 4 members (excludes halogenated alkanes) is 1. The molecule has 0 saturated carbocycles. The van der Waals surface area contributed by atoms with Crippen molar-refractivity contribution in [2.24, 2.45) is 5.92 Å². The summed E-state index contributed by atoms with van der Waals surface area (Å²) in [5.74, 6) is -0.441. The number of carbonyl (C=O) groups is 2. The molecule has 0 bridgehead atoms. The highest BCUT2D eigenvalue weighted by Gasteiger charge is 2.19. The first-order chi connectivity index (χ1) is 8.47. The average molecular weight is 260 g/mol. The molecule has 0 radical (unpaired) electrons. The van der Waals surface area contributed by atoms with Crippen molar-refractivity contribution in [3.8, 4) is 0 Å². The molecule has 2 amide bonds. The van der Waals surface area contributed by atoms with Crippen LogP contribution in [0.5, 0.6) is 0 Å². The van der Waals surface area contributed by atoms with Gasteiger partial charge in [-0.2, -0.15) is 0 Å². The van der Waals surface area contributed by atoms with E-state index in [1.54, 1.807) is 0 Å². The van der Waals surface area contributed by atoms with Crippen molar-refractivity contribution in [1.29, 1.82) is 0 Å². The fourth-order valence-corrected chi connectivity index (χ4v) is 1.43. The SMILES string of the molecule is COCC(NC(=O)NCCCCC(C)C)C(=O)O. The van der Waals surface area contributed by atoms with E-state index in [4.69, 9.17) is 9.84 Å². The van der Waals surface area contributed by atoms with Crippen LogP contribution in [-0.4, -0.2) is 43.4 Å². The molecule has 0 aromatic rings. The van der Waals surface area contributed by atoms with Crippen molar-refractivity contribution in [2.45, 2.75) is 39.2 Å². The Morgan fingerprint density at radius 2 is 1.94 bits per heavy atom. The van der Waals surface area contributed by atoms with Crippen molar-refractivity contribution in [2.75, 3.05) is 20.3 Å². The van der Waals surface area contributed by atoms with E-state index in [-0.39, 0.29) is 6.61 Å². The maximum atomic E-state index is 11.4. The number of nitrogens with one attached hydrogen (secondary N) is 2. The van der Waals surface area contributed by atoms with Gasteiger partial charge in [-0.15, -0.1) is 0 Å². The molecule has 1 unspecified atom stereocenters. The number of carbonyl (C=O) groups excluding carboxylic acids is 1. The summed E-state index contributed by atoms with van der Waals surface area (Å²) in [6.45, 7) is 4.82. The van der Waals surface area contributed by atoms with Crippen LogP contribution in [0.25, 0.3) is 0 Å². The number of carboxylic acids is 1. The van der Waals surface area contributed by atoms with Crippen molar-refractivity contribution >= 4 is 12.0 Å². The number of amides is 2. The summed E-state index contributed by atoms with van der Waals surface area (Å²) in [4.78, 5) is 22.1. The number of aliphatic carboxylic acids is 1. The second-order valence-electron chi connectivity index (χ2n) is 4.64. The number of ether oxygens (including phenoxy) is 1. The predicted octanol–water partition coefficient (Wildman–Crippen LogP) is 1.21. The zero-order valence-corrected chi connectivity index (χ0v) is 11.4. The average Bonchev–Trinajstić information content (AvgIpc) is 2.27. The van der Waals surface area contributed by atoms with E-state index in [9.17, 15) is 9.59 Å². The molecule has 0 heterocycles. The third-order valence-corrected chi connectivity index (χ3v) is 2.43. The zero-order chi connectivity index (χ0) is 14.0. The molecule has 0 aliphatic carbocycles. The summed E-state index contributed by atoms with van der Waals surface area (Å²) in [5, 5.41) is 13.8. The molecule has 6 heteroatoms. The van der Waals surface area contributed by atoms with Crippen molar-refractivity contribution in [3.05, 3.63) is 0 Å². The lowest BCUT2D eigenvalue weighted by Crippen LogP contribution is -2.48. The van der Waals surface area contributed by atoms with Gasteiger partial charge in [-0.1, -0.05) is 26.7 Å². The van der Waals surface area contributed by atoms with Gasteiger partial charge in [0.25, 0.3) is 0 Å². The van der Waals surface area contributed by atoms with E-state index in [1.165, 1.54) is 7.11 Å². The van der Waals surface area contributed by atoms with Gasteiger partial charge < -0.3 is 20.5 Å². The van der Waals surface area contributed by atoms with Gasteiger partial charge in [-0.3, -0.25) is 0 Å². The maximum Gasteiger partial charge on any atom is 0.328 e. The Hall–Kier alpha value is -1.30. The minimum Gasteiger partial charge on any atom is -0.480 e. The van der Waals surface area contributed by atoms with Gasteiger partial charge in [0.2, 0.25) is 0 Å². The van der Waals surface area contributed by atoms with Gasteiger partial charge in [-0.05, 0) is 12.3 Å². The van der Waals surface area contributed by atoms with E-state index < -0.39 is 18.0 Å². The van der Waals surface area contributed by atoms with Crippen molar-refractivity contribution in [1.82, 2.24) is 10.6 Å². The molecule has 0 aromatic heterocycles. The number of urea groups is 1. The predicted molar refractivity (Wildman–Crippen MR) is 68.5 cm³/mol. The molecule has 0 spiro atoms. The minimum atomic E-state index is -1.10. The largest absolute Gasteiger partial charge is 0.480 e. The lowest BCUT2D eigenvalue weighted by molar-refractivity contribution is -0.140. The summed E-state index contributed by atoms with van der Waals surface area (Å²) in [7, 11) is 1.39. The Kier molecular flexibility index (Phi) is 9.00. The molecule has 0 aliphatic heterocycles. The molecule has 0 rings (SSSR count). The molecule has 0 aliphatic rings. The standard InChI is InChI=1S/C12H24N2O4/c1-9(2)6-4-5-7-13-12(17)14-10(8-18-3)11(15)16/h9-10H,4-8H2,1-3H3,(H,15,16)(H2,13,14,17). The summed E-state index contributed by atoms with van der Waals surface area (Å²) in [6, 6.07) is -1.48. The summed E-state index contributed by atoms with van der Waals surface area (Å²) in [6.07, 6.45) is 3.08. The van der Waals surface area contributed by atoms with Gasteiger partial charge >= 0.3 is 12.0 Å². The third kappa shape index (κ3) is 8.81. The third-order valence-electron chi connectivity index (χ3n) is 2.43. The van der Waals surface area contributed by atoms with Gasteiger partial charge in [0.15, 0.2) is 6.04 Å². The van der Waals surface area contributed by atoms with Crippen molar-refractivity contribution < 1.29 is 19.4 Å². The Morgan fingerprint density at radius 3 is 2.44 bits per heavy atom. The van der Waals surface area contributed by atoms with E-state index in [0.29, 0.717) is 12.5 Å². The molecule has 18 heavy (non-hydrogen) atoms. The molecule has 0 saturated heterocycles. The highest BCUT2D eigenvalue weighted by atomic mass is 16.5. The van der Waals surface area contributed by atoms with Crippen LogP contribution in [0.4, 0.5) is 4.79 Å². The Morgan fingerprint density at radius 1 is 1.28 bits per heavy atom. The van der Waals surface area contributed by atoms with Crippen LogP contribution in [0.2, 0.25) is 0 Å². The lowest BCUT2D eigenvalue weighted by Gasteiger charge is -2.14. The summed E-state index contributed by atoms with van der Waals surface area (Å²) >= 11 is 0. The maximum absolute atomic E-state index is 11.4. The van der Waals surface area contributed by atoms with Gasteiger partial charge in [0, 0.05) is 13.7 Å². The van der Waals surface area contributed by atoms with Gasteiger partial charge in [0.1, 0.15) is 0 Å². The number of rotatable bonds is 9. The molecule has 0 fully saturated rings. The van der Waals surface area contributed by atoms with Crippen LogP contribution < -0.4 is 10.6 Å². The molecule has 6 nitrogen and oxygen atoms in total. The topological polar surface area (TPSA) is 87.7 Å². The normalized spacial score (nSPS) is 12.2. The van der Waals surface area contributed by atoms with Crippen LogP contribution in [0.3, 0.4) is 0 Å². The van der Waals surface area contributed by atoms with Crippen LogP contribution in [0, 0.1) is 5.92 Å². The Bertz CT molecular complexity index is 256. The molecule has 0 aromatic carbocycles. The number of methoxy groups -OCH3 is 1. The van der Waals surface area contributed by atoms with E-state index in [0.717, 1.165) is 19.3 Å². The van der Waals surface area contributed by atoms with Crippen LogP contribution in [0.1, 0.15) is 33.1 Å². The molecule has 3 N–H and O–H groups in total. The van der Waals surface area contributed by atoms with Crippen molar-refractivity contribution in [3.63, 3.8) is 0 Å². The lowest BCUT2D eigenvalue weighted by atomic mass is 10.1. The van der Waals surface area contributed by atoms with Crippen LogP contribution in [0.15, 0.2) is 0 Å². The Balaban J connectivity index is 3.71. The minimum absolute atomic E-state index is 0.0455. The van der Waals surface area contributed by atoms with E-state index in [2.05, 4.69) is 24.5 Å². The zero-order valence-electron chi connectivity index (χ0n) is 11.4. The van der Waals surface area contributed by atoms with Gasteiger partial charge in [0.05, 0.1) is 6.61 Å². The number of carboxylic acid groups (broad SMARTS) is 1. The van der Waals surface area contributed by atoms with Gasteiger partial charge in [-0.25, -0.2) is 9.59 Å². The molecule has 1 atom stereocenters. The summed E-state index contributed by atoms with van der Waals surface area (Å²) in [5.41, 5.74) is 0. The fraction of sp³-hybridized carbons (Fsp3) is 0.833. The molecule has 106 valence electrons. The fourth-order valence-electron chi connectivity index (χ4n) is 1.43. The molecular weight excluding hydrogens is 236 g/mol. The highest BCUT2D eigenvalue weighted by Crippen LogP contribution is 2.04. The first-order valence-electron chi connectivity index (χ1n) is 6.23. The quantitative estimate of drug-likeness (QED) is 0.544. The molecular formula is C12H24N2O4. The Labute approximate surface area is 108 Å². The number of hydrogen-bond acceptors (Lipinski definition) is 3. The summed E-state index contributed by atoms with van der Waals surface area (Å²) < 4.78 is 4.71.